The van der Waals surface area contributed by atoms with Gasteiger partial charge in [-0.3, -0.25) is 4.79 Å². The number of hydrogen-bond donors (Lipinski definition) is 1. The van der Waals surface area contributed by atoms with E-state index in [-0.39, 0.29) is 17.3 Å². The first-order chi connectivity index (χ1) is 12.9. The molecule has 0 radical (unpaired) electrons. The van der Waals surface area contributed by atoms with E-state index in [1.54, 1.807) is 34.1 Å². The van der Waals surface area contributed by atoms with Crippen molar-refractivity contribution < 1.29 is 9.59 Å². The Hall–Kier alpha value is -1.69. The van der Waals surface area contributed by atoms with Crippen molar-refractivity contribution in [3.8, 4) is 0 Å². The molecular formula is C19H20Cl3N3O2. The summed E-state index contributed by atoms with van der Waals surface area (Å²) in [5.74, 6) is -0.0124. The molecule has 1 saturated heterocycles. The summed E-state index contributed by atoms with van der Waals surface area (Å²) in [6, 6.07) is 4.73. The van der Waals surface area contributed by atoms with Crippen LogP contribution in [0.2, 0.25) is 10.0 Å². The van der Waals surface area contributed by atoms with E-state index in [0.29, 0.717) is 53.9 Å². The monoisotopic (exact) mass is 427 g/mol. The lowest BCUT2D eigenvalue weighted by atomic mass is 10.1. The fourth-order valence-corrected chi connectivity index (χ4v) is 3.50. The highest BCUT2D eigenvalue weighted by Crippen LogP contribution is 2.25. The summed E-state index contributed by atoms with van der Waals surface area (Å²) in [4.78, 5) is 28.7. The average Bonchev–Trinajstić information content (AvgIpc) is 2.91. The summed E-state index contributed by atoms with van der Waals surface area (Å²) in [5.41, 5.74) is 1.25. The average molecular weight is 429 g/mol. The van der Waals surface area contributed by atoms with E-state index in [0.717, 1.165) is 6.42 Å². The first-order valence-electron chi connectivity index (χ1n) is 8.77. The minimum atomic E-state index is -0.218. The normalized spacial score (nSPS) is 20.1. The van der Waals surface area contributed by atoms with Crippen molar-refractivity contribution in [3.63, 3.8) is 0 Å². The fourth-order valence-electron chi connectivity index (χ4n) is 3.04. The second kappa shape index (κ2) is 9.00. The molecule has 3 rings (SSSR count). The minimum absolute atomic E-state index is 0.0124. The van der Waals surface area contributed by atoms with E-state index in [9.17, 15) is 9.59 Å². The molecule has 1 aliphatic heterocycles. The van der Waals surface area contributed by atoms with Gasteiger partial charge in [0.1, 0.15) is 0 Å². The highest BCUT2D eigenvalue weighted by atomic mass is 35.5. The molecule has 144 valence electrons. The number of alkyl halides is 1. The van der Waals surface area contributed by atoms with Crippen LogP contribution in [-0.4, -0.2) is 53.3 Å². The number of urea groups is 1. The summed E-state index contributed by atoms with van der Waals surface area (Å²) in [6.07, 6.45) is 6.87. The van der Waals surface area contributed by atoms with Crippen LogP contribution in [0.4, 0.5) is 10.5 Å². The zero-order valence-corrected chi connectivity index (χ0v) is 16.9. The van der Waals surface area contributed by atoms with Gasteiger partial charge in [0.2, 0.25) is 0 Å². The van der Waals surface area contributed by atoms with Crippen molar-refractivity contribution in [3.05, 3.63) is 52.0 Å². The molecule has 1 N–H and O–H groups in total. The number of carbonyl (C=O) groups is 2. The molecule has 0 saturated carbocycles. The van der Waals surface area contributed by atoms with E-state index in [2.05, 4.69) is 5.32 Å². The molecule has 27 heavy (non-hydrogen) atoms. The largest absolute Gasteiger partial charge is 0.337 e. The van der Waals surface area contributed by atoms with Crippen LogP contribution in [-0.2, 0) is 4.79 Å². The Morgan fingerprint density at radius 3 is 2.48 bits per heavy atom. The Kier molecular flexibility index (Phi) is 6.68. The van der Waals surface area contributed by atoms with Gasteiger partial charge < -0.3 is 15.1 Å². The van der Waals surface area contributed by atoms with Gasteiger partial charge in [-0.15, -0.1) is 11.6 Å². The van der Waals surface area contributed by atoms with Crippen molar-refractivity contribution in [2.24, 2.45) is 0 Å². The second-order valence-electron chi connectivity index (χ2n) is 6.46. The first-order valence-corrected chi connectivity index (χ1v) is 9.96. The number of amides is 3. The van der Waals surface area contributed by atoms with Gasteiger partial charge in [0.05, 0.1) is 15.4 Å². The maximum Gasteiger partial charge on any atom is 0.321 e. The Labute approximate surface area is 173 Å². The minimum Gasteiger partial charge on any atom is -0.337 e. The van der Waals surface area contributed by atoms with Gasteiger partial charge in [0.25, 0.3) is 5.91 Å². The molecule has 1 unspecified atom stereocenters. The number of nitrogens with zero attached hydrogens (tertiary/aromatic N) is 2. The Bertz CT molecular complexity index is 794. The smallest absolute Gasteiger partial charge is 0.321 e. The van der Waals surface area contributed by atoms with Gasteiger partial charge in [-0.25, -0.2) is 4.79 Å². The van der Waals surface area contributed by atoms with Gasteiger partial charge in [-0.1, -0.05) is 41.4 Å². The van der Waals surface area contributed by atoms with Gasteiger partial charge in [0.15, 0.2) is 0 Å². The van der Waals surface area contributed by atoms with Gasteiger partial charge in [-0.05, 0) is 31.0 Å². The molecular weight excluding hydrogens is 409 g/mol. The van der Waals surface area contributed by atoms with Crippen LogP contribution in [0.1, 0.15) is 12.8 Å². The molecule has 0 aromatic heterocycles. The predicted molar refractivity (Wildman–Crippen MR) is 110 cm³/mol. The van der Waals surface area contributed by atoms with Crippen LogP contribution >= 0.6 is 34.8 Å². The number of hydrogen-bond acceptors (Lipinski definition) is 2. The van der Waals surface area contributed by atoms with E-state index in [1.165, 1.54) is 0 Å². The Morgan fingerprint density at radius 1 is 1.04 bits per heavy atom. The summed E-state index contributed by atoms with van der Waals surface area (Å²) in [5, 5.41) is 3.59. The SMILES string of the molecule is O=C(Nc1ccc(Cl)c(Cl)c1)N1CCCN(C(=O)C2=CCC(Cl)C=C2)CC1. The first kappa shape index (κ1) is 20.1. The van der Waals surface area contributed by atoms with Crippen LogP contribution in [0.25, 0.3) is 0 Å². The maximum absolute atomic E-state index is 12.7. The van der Waals surface area contributed by atoms with Crippen LogP contribution in [0.3, 0.4) is 0 Å². The molecule has 2 aliphatic rings. The van der Waals surface area contributed by atoms with Crippen LogP contribution in [0.15, 0.2) is 42.0 Å². The summed E-state index contributed by atoms with van der Waals surface area (Å²) in [7, 11) is 0. The Morgan fingerprint density at radius 2 is 1.78 bits per heavy atom. The van der Waals surface area contributed by atoms with Crippen molar-refractivity contribution >= 4 is 52.4 Å². The van der Waals surface area contributed by atoms with Crippen molar-refractivity contribution in [1.82, 2.24) is 9.80 Å². The van der Waals surface area contributed by atoms with Crippen LogP contribution in [0.5, 0.6) is 0 Å². The zero-order valence-electron chi connectivity index (χ0n) is 14.6. The quantitative estimate of drug-likeness (QED) is 0.702. The Balaban J connectivity index is 1.57. The lowest BCUT2D eigenvalue weighted by Crippen LogP contribution is -2.39. The molecule has 1 atom stereocenters. The number of carbonyl (C=O) groups excluding carboxylic acids is 2. The summed E-state index contributed by atoms with van der Waals surface area (Å²) in [6.45, 7) is 2.15. The molecule has 8 heteroatoms. The molecule has 1 aliphatic carbocycles. The van der Waals surface area contributed by atoms with Crippen LogP contribution < -0.4 is 5.32 Å². The third kappa shape index (κ3) is 5.18. The molecule has 0 spiro atoms. The topological polar surface area (TPSA) is 52.7 Å². The number of halogens is 3. The van der Waals surface area contributed by atoms with E-state index < -0.39 is 0 Å². The molecule has 1 aromatic rings. The van der Waals surface area contributed by atoms with Gasteiger partial charge >= 0.3 is 6.03 Å². The molecule has 1 heterocycles. The van der Waals surface area contributed by atoms with Gasteiger partial charge in [-0.2, -0.15) is 0 Å². The van der Waals surface area contributed by atoms with Crippen LogP contribution in [0, 0.1) is 0 Å². The molecule has 3 amide bonds. The van der Waals surface area contributed by atoms with E-state index in [1.807, 2.05) is 12.2 Å². The summed E-state index contributed by atoms with van der Waals surface area (Å²) < 4.78 is 0. The lowest BCUT2D eigenvalue weighted by Gasteiger charge is -2.23. The second-order valence-corrected chi connectivity index (χ2v) is 7.84. The lowest BCUT2D eigenvalue weighted by molar-refractivity contribution is -0.126. The van der Waals surface area contributed by atoms with E-state index in [4.69, 9.17) is 34.8 Å². The number of nitrogens with one attached hydrogen (secondary N) is 1. The maximum atomic E-state index is 12.7. The number of benzene rings is 1. The van der Waals surface area contributed by atoms with E-state index >= 15 is 0 Å². The third-order valence-corrected chi connectivity index (χ3v) is 5.60. The highest BCUT2D eigenvalue weighted by Gasteiger charge is 2.24. The zero-order chi connectivity index (χ0) is 19.4. The predicted octanol–water partition coefficient (Wildman–Crippen LogP) is 4.55. The van der Waals surface area contributed by atoms with Crippen molar-refractivity contribution in [2.45, 2.75) is 18.2 Å². The third-order valence-electron chi connectivity index (χ3n) is 4.54. The number of allylic oxidation sites excluding steroid dienone is 2. The number of rotatable bonds is 2. The molecule has 1 fully saturated rings. The molecule has 0 bridgehead atoms. The standard InChI is InChI=1S/C19H20Cl3N3O2/c20-14-4-2-13(3-5-14)18(26)24-8-1-9-25(11-10-24)19(27)23-15-6-7-16(21)17(22)12-15/h2-4,6-7,12,14H,1,5,8-11H2,(H,23,27). The fraction of sp³-hybridized carbons (Fsp3) is 0.368. The number of anilines is 1. The summed E-state index contributed by atoms with van der Waals surface area (Å²) >= 11 is 17.9. The highest BCUT2D eigenvalue weighted by molar-refractivity contribution is 6.42. The van der Waals surface area contributed by atoms with Gasteiger partial charge in [0, 0.05) is 37.4 Å². The van der Waals surface area contributed by atoms with Crippen molar-refractivity contribution in [2.75, 3.05) is 31.5 Å². The molecule has 1 aromatic carbocycles. The van der Waals surface area contributed by atoms with Crippen molar-refractivity contribution in [1.29, 1.82) is 0 Å². The molecule has 5 nitrogen and oxygen atoms in total.